The maximum absolute atomic E-state index is 10.9. The van der Waals surface area contributed by atoms with Crippen LogP contribution in [0.15, 0.2) is 18.2 Å². The summed E-state index contributed by atoms with van der Waals surface area (Å²) in [4.78, 5) is 13.2. The van der Waals surface area contributed by atoms with Crippen LogP contribution in [0.5, 0.6) is 0 Å². The summed E-state index contributed by atoms with van der Waals surface area (Å²) in [7, 11) is 0. The van der Waals surface area contributed by atoms with Crippen molar-refractivity contribution >= 4 is 39.9 Å². The normalized spacial score (nSPS) is 16.8. The zero-order valence-electron chi connectivity index (χ0n) is 10.2. The number of benzene rings is 1. The Hall–Kier alpha value is -0.980. The average Bonchev–Trinajstić information content (AvgIpc) is 2.30. The van der Waals surface area contributed by atoms with Crippen molar-refractivity contribution in [3.05, 3.63) is 21.8 Å². The second-order valence-electron chi connectivity index (χ2n) is 4.80. The maximum atomic E-state index is 10.9. The van der Waals surface area contributed by atoms with Gasteiger partial charge in [-0.05, 0) is 59.5 Å². The highest BCUT2D eigenvalue weighted by molar-refractivity contribution is 14.1. The van der Waals surface area contributed by atoms with E-state index in [1.54, 1.807) is 0 Å². The van der Waals surface area contributed by atoms with Crippen LogP contribution in [0, 0.1) is 9.49 Å². The minimum atomic E-state index is -0.192. The van der Waals surface area contributed by atoms with Crippen molar-refractivity contribution in [3.8, 4) is 0 Å². The van der Waals surface area contributed by atoms with E-state index in [0.717, 1.165) is 40.9 Å². The van der Waals surface area contributed by atoms with Crippen LogP contribution in [0.3, 0.4) is 0 Å². The van der Waals surface area contributed by atoms with E-state index in [1.165, 1.54) is 0 Å². The smallest absolute Gasteiger partial charge is 0.217 e. The Morgan fingerprint density at radius 3 is 2.61 bits per heavy atom. The van der Waals surface area contributed by atoms with Gasteiger partial charge in [0.15, 0.2) is 0 Å². The van der Waals surface area contributed by atoms with Gasteiger partial charge in [-0.2, -0.15) is 0 Å². The van der Waals surface area contributed by atoms with Crippen molar-refractivity contribution in [2.45, 2.75) is 19.3 Å². The lowest BCUT2D eigenvalue weighted by molar-refractivity contribution is -0.119. The number of nitrogens with zero attached hydrogens (tertiary/aromatic N) is 1. The quantitative estimate of drug-likeness (QED) is 0.640. The molecule has 0 aromatic heterocycles. The first kappa shape index (κ1) is 13.5. The molecule has 0 aliphatic carbocycles. The highest BCUT2D eigenvalue weighted by Gasteiger charge is 2.21. The minimum absolute atomic E-state index is 0.192. The number of nitrogen functional groups attached to an aromatic ring is 1. The predicted octanol–water partition coefficient (Wildman–Crippen LogP) is 1.97. The molecule has 1 aromatic carbocycles. The topological polar surface area (TPSA) is 72.4 Å². The summed E-state index contributed by atoms with van der Waals surface area (Å²) in [6.07, 6.45) is 2.53. The molecule has 1 amide bonds. The lowest BCUT2D eigenvalue weighted by Crippen LogP contribution is -2.35. The van der Waals surface area contributed by atoms with E-state index in [1.807, 2.05) is 6.07 Å². The molecule has 0 unspecified atom stereocenters. The standard InChI is InChI=1S/C13H18IN3O/c14-10-1-2-12(11(15)8-10)17-5-3-9(4-6-17)7-13(16)18/h1-2,8-9H,3-7,15H2,(H2,16,18). The third-order valence-electron chi connectivity index (χ3n) is 3.43. The lowest BCUT2D eigenvalue weighted by Gasteiger charge is -2.34. The highest BCUT2D eigenvalue weighted by atomic mass is 127. The molecular formula is C13H18IN3O. The van der Waals surface area contributed by atoms with Gasteiger partial charge in [0.25, 0.3) is 0 Å². The van der Waals surface area contributed by atoms with Crippen molar-refractivity contribution in [1.82, 2.24) is 0 Å². The average molecular weight is 359 g/mol. The Balaban J connectivity index is 1.99. The molecular weight excluding hydrogens is 341 g/mol. The molecule has 0 bridgehead atoms. The van der Waals surface area contributed by atoms with E-state index in [9.17, 15) is 4.79 Å². The van der Waals surface area contributed by atoms with E-state index in [2.05, 4.69) is 39.6 Å². The molecule has 1 heterocycles. The van der Waals surface area contributed by atoms with Gasteiger partial charge in [-0.25, -0.2) is 0 Å². The zero-order valence-corrected chi connectivity index (χ0v) is 12.4. The van der Waals surface area contributed by atoms with Crippen LogP contribution >= 0.6 is 22.6 Å². The highest BCUT2D eigenvalue weighted by Crippen LogP contribution is 2.30. The van der Waals surface area contributed by atoms with Crippen molar-refractivity contribution in [2.75, 3.05) is 23.7 Å². The van der Waals surface area contributed by atoms with Crippen LogP contribution in [-0.2, 0) is 4.79 Å². The van der Waals surface area contributed by atoms with Gasteiger partial charge in [-0.1, -0.05) is 0 Å². The van der Waals surface area contributed by atoms with Crippen LogP contribution in [0.2, 0.25) is 0 Å². The van der Waals surface area contributed by atoms with E-state index < -0.39 is 0 Å². The second-order valence-corrected chi connectivity index (χ2v) is 6.05. The predicted molar refractivity (Wildman–Crippen MR) is 82.3 cm³/mol. The molecule has 1 aliphatic heterocycles. The van der Waals surface area contributed by atoms with Crippen LogP contribution in [0.1, 0.15) is 19.3 Å². The summed E-state index contributed by atoms with van der Waals surface area (Å²) < 4.78 is 1.15. The summed E-state index contributed by atoms with van der Waals surface area (Å²) in [6.45, 7) is 1.89. The molecule has 0 spiro atoms. The van der Waals surface area contributed by atoms with Crippen molar-refractivity contribution in [3.63, 3.8) is 0 Å². The van der Waals surface area contributed by atoms with Gasteiger partial charge in [0, 0.05) is 23.1 Å². The van der Waals surface area contributed by atoms with Crippen LogP contribution in [0.25, 0.3) is 0 Å². The summed E-state index contributed by atoms with van der Waals surface area (Å²) in [5.41, 5.74) is 13.2. The fraction of sp³-hybridized carbons (Fsp3) is 0.462. The van der Waals surface area contributed by atoms with Gasteiger partial charge >= 0.3 is 0 Å². The molecule has 1 saturated heterocycles. The Morgan fingerprint density at radius 1 is 1.39 bits per heavy atom. The molecule has 1 aliphatic rings. The molecule has 2 rings (SSSR count). The Labute approximate surface area is 121 Å². The fourth-order valence-electron chi connectivity index (χ4n) is 2.48. The molecule has 0 atom stereocenters. The number of rotatable bonds is 3. The van der Waals surface area contributed by atoms with Gasteiger partial charge < -0.3 is 16.4 Å². The lowest BCUT2D eigenvalue weighted by atomic mass is 9.93. The number of hydrogen-bond donors (Lipinski definition) is 2. The van der Waals surface area contributed by atoms with Gasteiger partial charge in [-0.15, -0.1) is 0 Å². The molecule has 0 radical (unpaired) electrons. The number of carbonyl (C=O) groups excluding carboxylic acids is 1. The number of amides is 1. The molecule has 1 fully saturated rings. The Morgan fingerprint density at radius 2 is 2.06 bits per heavy atom. The molecule has 4 nitrogen and oxygen atoms in total. The van der Waals surface area contributed by atoms with Crippen molar-refractivity contribution in [1.29, 1.82) is 0 Å². The monoisotopic (exact) mass is 359 g/mol. The number of nitrogens with two attached hydrogens (primary N) is 2. The van der Waals surface area contributed by atoms with E-state index in [-0.39, 0.29) is 5.91 Å². The van der Waals surface area contributed by atoms with Crippen LogP contribution in [0.4, 0.5) is 11.4 Å². The summed E-state index contributed by atoms with van der Waals surface area (Å²) in [6, 6.07) is 6.14. The van der Waals surface area contributed by atoms with Crippen molar-refractivity contribution < 1.29 is 4.79 Å². The maximum Gasteiger partial charge on any atom is 0.217 e. The second kappa shape index (κ2) is 5.77. The fourth-order valence-corrected chi connectivity index (χ4v) is 2.99. The largest absolute Gasteiger partial charge is 0.397 e. The van der Waals surface area contributed by atoms with Gasteiger partial charge in [-0.3, -0.25) is 4.79 Å². The third-order valence-corrected chi connectivity index (χ3v) is 4.11. The summed E-state index contributed by atoms with van der Waals surface area (Å²) >= 11 is 2.26. The summed E-state index contributed by atoms with van der Waals surface area (Å²) in [5.74, 6) is 0.242. The number of anilines is 2. The van der Waals surface area contributed by atoms with E-state index in [4.69, 9.17) is 11.5 Å². The van der Waals surface area contributed by atoms with Gasteiger partial charge in [0.1, 0.15) is 0 Å². The number of primary amides is 1. The molecule has 0 saturated carbocycles. The van der Waals surface area contributed by atoms with E-state index >= 15 is 0 Å². The number of hydrogen-bond acceptors (Lipinski definition) is 3. The SMILES string of the molecule is NC(=O)CC1CCN(c2ccc(I)cc2N)CC1. The zero-order chi connectivity index (χ0) is 13.1. The van der Waals surface area contributed by atoms with Gasteiger partial charge in [0.2, 0.25) is 5.91 Å². The third kappa shape index (κ3) is 3.28. The van der Waals surface area contributed by atoms with Crippen molar-refractivity contribution in [2.24, 2.45) is 11.7 Å². The van der Waals surface area contributed by atoms with Gasteiger partial charge in [0.05, 0.1) is 11.4 Å². The number of piperidine rings is 1. The number of halogens is 1. The minimum Gasteiger partial charge on any atom is -0.397 e. The molecule has 98 valence electrons. The first-order chi connectivity index (χ1) is 8.56. The molecule has 4 N–H and O–H groups in total. The van der Waals surface area contributed by atoms with Crippen LogP contribution < -0.4 is 16.4 Å². The Bertz CT molecular complexity index is 442. The molecule has 18 heavy (non-hydrogen) atoms. The summed E-state index contributed by atoms with van der Waals surface area (Å²) in [5, 5.41) is 0. The first-order valence-corrected chi connectivity index (χ1v) is 7.22. The van der Waals surface area contributed by atoms with Crippen LogP contribution in [-0.4, -0.2) is 19.0 Å². The molecule has 1 aromatic rings. The van der Waals surface area contributed by atoms with E-state index in [0.29, 0.717) is 12.3 Å². The number of carbonyl (C=O) groups is 1. The first-order valence-electron chi connectivity index (χ1n) is 6.14. The Kier molecular flexibility index (Phi) is 4.31. The molecule has 5 heteroatoms.